The summed E-state index contributed by atoms with van der Waals surface area (Å²) in [5.41, 5.74) is 5.36. The molecule has 0 saturated heterocycles. The van der Waals surface area contributed by atoms with E-state index in [0.29, 0.717) is 6.54 Å². The highest BCUT2D eigenvalue weighted by Gasteiger charge is 2.18. The highest BCUT2D eigenvalue weighted by molar-refractivity contribution is 5.72. The largest absolute Gasteiger partial charge is 0.469 e. The fourth-order valence-electron chi connectivity index (χ4n) is 0.622. The van der Waals surface area contributed by atoms with Gasteiger partial charge in [0.15, 0.2) is 0 Å². The van der Waals surface area contributed by atoms with Gasteiger partial charge in [-0.25, -0.2) is 0 Å². The fraction of sp³-hybridized carbons (Fsp3) is 0.857. The number of methoxy groups -OCH3 is 1. The van der Waals surface area contributed by atoms with Crippen LogP contribution in [0.2, 0.25) is 0 Å². The summed E-state index contributed by atoms with van der Waals surface area (Å²) in [5, 5.41) is 0. The molecule has 0 amide bonds. The predicted molar refractivity (Wildman–Crippen MR) is 39.4 cm³/mol. The molecular formula is C7H15NO2. The zero-order chi connectivity index (χ0) is 8.15. The van der Waals surface area contributed by atoms with Crippen molar-refractivity contribution in [2.75, 3.05) is 13.7 Å². The minimum Gasteiger partial charge on any atom is -0.469 e. The Morgan fingerprint density at radius 2 is 2.10 bits per heavy atom. The van der Waals surface area contributed by atoms with Gasteiger partial charge in [-0.15, -0.1) is 0 Å². The Labute approximate surface area is 61.5 Å². The van der Waals surface area contributed by atoms with Crippen molar-refractivity contribution < 1.29 is 9.53 Å². The van der Waals surface area contributed by atoms with Crippen molar-refractivity contribution >= 4 is 5.97 Å². The topological polar surface area (TPSA) is 52.3 Å². The molecule has 0 rings (SSSR count). The van der Waals surface area contributed by atoms with E-state index in [1.807, 2.05) is 13.8 Å². The molecule has 0 bridgehead atoms. The van der Waals surface area contributed by atoms with Crippen molar-refractivity contribution in [3.63, 3.8) is 0 Å². The number of esters is 1. The first kappa shape index (κ1) is 9.43. The zero-order valence-corrected chi connectivity index (χ0v) is 6.76. The van der Waals surface area contributed by atoms with Gasteiger partial charge in [0.25, 0.3) is 0 Å². The van der Waals surface area contributed by atoms with E-state index in [9.17, 15) is 4.79 Å². The third-order valence-corrected chi connectivity index (χ3v) is 1.80. The van der Waals surface area contributed by atoms with Crippen LogP contribution in [-0.2, 0) is 9.53 Å². The van der Waals surface area contributed by atoms with E-state index in [1.165, 1.54) is 7.11 Å². The molecule has 0 fully saturated rings. The third-order valence-electron chi connectivity index (χ3n) is 1.80. The van der Waals surface area contributed by atoms with Crippen LogP contribution in [0.4, 0.5) is 0 Å². The van der Waals surface area contributed by atoms with E-state index in [1.54, 1.807) is 0 Å². The first-order valence-electron chi connectivity index (χ1n) is 3.41. The van der Waals surface area contributed by atoms with Crippen LogP contribution >= 0.6 is 0 Å². The summed E-state index contributed by atoms with van der Waals surface area (Å²) >= 11 is 0. The Morgan fingerprint density at radius 1 is 1.60 bits per heavy atom. The molecule has 0 aliphatic carbocycles. The summed E-state index contributed by atoms with van der Waals surface area (Å²) in [6.45, 7) is 4.28. The van der Waals surface area contributed by atoms with E-state index in [-0.39, 0.29) is 17.8 Å². The molecule has 0 spiro atoms. The van der Waals surface area contributed by atoms with E-state index in [0.717, 1.165) is 0 Å². The van der Waals surface area contributed by atoms with Crippen molar-refractivity contribution in [2.24, 2.45) is 17.6 Å². The number of hydrogen-bond acceptors (Lipinski definition) is 3. The lowest BCUT2D eigenvalue weighted by atomic mass is 9.97. The van der Waals surface area contributed by atoms with Crippen molar-refractivity contribution in [1.82, 2.24) is 0 Å². The molecule has 10 heavy (non-hydrogen) atoms. The van der Waals surface area contributed by atoms with Crippen LogP contribution in [0.15, 0.2) is 0 Å². The molecule has 0 aliphatic rings. The molecule has 3 nitrogen and oxygen atoms in total. The lowest BCUT2D eigenvalue weighted by molar-refractivity contribution is -0.146. The summed E-state index contributed by atoms with van der Waals surface area (Å²) in [5.74, 6) is -0.0691. The van der Waals surface area contributed by atoms with Crippen LogP contribution < -0.4 is 5.73 Å². The third kappa shape index (κ3) is 2.35. The Morgan fingerprint density at radius 3 is 2.40 bits per heavy atom. The van der Waals surface area contributed by atoms with Crippen LogP contribution in [0, 0.1) is 11.8 Å². The normalized spacial score (nSPS) is 16.0. The van der Waals surface area contributed by atoms with E-state index < -0.39 is 0 Å². The quantitative estimate of drug-likeness (QED) is 0.584. The average molecular weight is 145 g/mol. The van der Waals surface area contributed by atoms with Gasteiger partial charge in [-0.3, -0.25) is 4.79 Å². The highest BCUT2D eigenvalue weighted by Crippen LogP contribution is 2.09. The molecule has 0 aliphatic heterocycles. The lowest BCUT2D eigenvalue weighted by Crippen LogP contribution is -2.25. The monoisotopic (exact) mass is 145 g/mol. The fourth-order valence-corrected chi connectivity index (χ4v) is 0.622. The number of nitrogens with two attached hydrogens (primary N) is 1. The van der Waals surface area contributed by atoms with Crippen molar-refractivity contribution in [2.45, 2.75) is 13.8 Å². The molecule has 60 valence electrons. The molecule has 2 atom stereocenters. The zero-order valence-electron chi connectivity index (χ0n) is 6.76. The molecular weight excluding hydrogens is 130 g/mol. The maximum Gasteiger partial charge on any atom is 0.308 e. The second-order valence-corrected chi connectivity index (χ2v) is 2.52. The van der Waals surface area contributed by atoms with Gasteiger partial charge in [-0.05, 0) is 12.5 Å². The summed E-state index contributed by atoms with van der Waals surface area (Å²) in [6, 6.07) is 0. The van der Waals surface area contributed by atoms with Gasteiger partial charge in [0.05, 0.1) is 13.0 Å². The van der Waals surface area contributed by atoms with Crippen molar-refractivity contribution in [3.05, 3.63) is 0 Å². The minimum atomic E-state index is -0.182. The molecule has 0 aromatic rings. The van der Waals surface area contributed by atoms with Gasteiger partial charge in [0, 0.05) is 0 Å². The molecule has 0 aromatic carbocycles. The second-order valence-electron chi connectivity index (χ2n) is 2.52. The van der Waals surface area contributed by atoms with Gasteiger partial charge < -0.3 is 10.5 Å². The Hall–Kier alpha value is -0.570. The van der Waals surface area contributed by atoms with Crippen molar-refractivity contribution in [1.29, 1.82) is 0 Å². The summed E-state index contributed by atoms with van der Waals surface area (Å²) in [7, 11) is 1.39. The van der Waals surface area contributed by atoms with Gasteiger partial charge in [-0.2, -0.15) is 0 Å². The van der Waals surface area contributed by atoms with Crippen molar-refractivity contribution in [3.8, 4) is 0 Å². The maximum atomic E-state index is 10.8. The maximum absolute atomic E-state index is 10.8. The predicted octanol–water partition coefficient (Wildman–Crippen LogP) is 0.390. The second kappa shape index (κ2) is 4.28. The number of hydrogen-bond donors (Lipinski definition) is 1. The molecule has 0 saturated carbocycles. The molecule has 0 radical (unpaired) electrons. The van der Waals surface area contributed by atoms with E-state index in [2.05, 4.69) is 4.74 Å². The van der Waals surface area contributed by atoms with Crippen LogP contribution in [0.3, 0.4) is 0 Å². The lowest BCUT2D eigenvalue weighted by Gasteiger charge is -2.14. The summed E-state index contributed by atoms with van der Waals surface area (Å²) < 4.78 is 4.54. The Balaban J connectivity index is 3.81. The number of carbonyl (C=O) groups is 1. The molecule has 0 aromatic heterocycles. The average Bonchev–Trinajstić information content (AvgIpc) is 2.00. The van der Waals surface area contributed by atoms with Gasteiger partial charge in [0.1, 0.15) is 0 Å². The first-order valence-corrected chi connectivity index (χ1v) is 3.41. The number of ether oxygens (including phenoxy) is 1. The van der Waals surface area contributed by atoms with Gasteiger partial charge >= 0.3 is 5.97 Å². The Kier molecular flexibility index (Phi) is 4.03. The Bertz CT molecular complexity index is 114. The van der Waals surface area contributed by atoms with Crippen LogP contribution in [-0.4, -0.2) is 19.6 Å². The van der Waals surface area contributed by atoms with Gasteiger partial charge in [0.2, 0.25) is 0 Å². The standard InChI is InChI=1S/C7H15NO2/c1-5(4-8)6(2)7(9)10-3/h5-6H,4,8H2,1-3H3. The number of carbonyl (C=O) groups excluding carboxylic acids is 1. The summed E-state index contributed by atoms with van der Waals surface area (Å²) in [6.07, 6.45) is 0. The van der Waals surface area contributed by atoms with Gasteiger partial charge in [-0.1, -0.05) is 13.8 Å². The van der Waals surface area contributed by atoms with Crippen LogP contribution in [0.25, 0.3) is 0 Å². The van der Waals surface area contributed by atoms with E-state index in [4.69, 9.17) is 5.73 Å². The SMILES string of the molecule is COC(=O)C(C)C(C)CN. The van der Waals surface area contributed by atoms with Crippen LogP contribution in [0.5, 0.6) is 0 Å². The number of rotatable bonds is 3. The van der Waals surface area contributed by atoms with E-state index >= 15 is 0 Å². The smallest absolute Gasteiger partial charge is 0.308 e. The molecule has 0 heterocycles. The first-order chi connectivity index (χ1) is 4.63. The summed E-state index contributed by atoms with van der Waals surface area (Å²) in [4.78, 5) is 10.8. The highest BCUT2D eigenvalue weighted by atomic mass is 16.5. The molecule has 3 heteroatoms. The molecule has 2 N–H and O–H groups in total. The molecule has 2 unspecified atom stereocenters. The minimum absolute atomic E-state index is 0.0880. The van der Waals surface area contributed by atoms with Crippen LogP contribution in [0.1, 0.15) is 13.8 Å².